The van der Waals surface area contributed by atoms with Crippen LogP contribution in [0.3, 0.4) is 0 Å². The smallest absolute Gasteiger partial charge is 0.254 e. The number of amides is 1. The molecule has 1 atom stereocenters. The predicted molar refractivity (Wildman–Crippen MR) is 153 cm³/mol. The molecule has 3 aromatic rings. The number of carbonyl (C=O) groups excluding carboxylic acids is 1. The highest BCUT2D eigenvalue weighted by molar-refractivity contribution is 5.96. The van der Waals surface area contributed by atoms with E-state index in [2.05, 4.69) is 81.2 Å². The molecule has 0 saturated carbocycles. The summed E-state index contributed by atoms with van der Waals surface area (Å²) >= 11 is 0. The standard InChI is InChI=1S/C31H42N6O/c1-6-26-7-9-28(10-8-26)37(20-27-19-32-15-11-22(27)2)29-13-17-36(18-14-29)23(3)12-16-33-31(38)30-24(4)34-21-35-25(30)5/h7-11,15,19,21,23,29H,6,12-14,16-18,20H2,1-5H3,(H,33,38). The summed E-state index contributed by atoms with van der Waals surface area (Å²) in [5, 5.41) is 3.08. The monoisotopic (exact) mass is 514 g/mol. The van der Waals surface area contributed by atoms with Gasteiger partial charge in [0.05, 0.1) is 17.0 Å². The van der Waals surface area contributed by atoms with E-state index in [-0.39, 0.29) is 5.91 Å². The number of hydrogen-bond acceptors (Lipinski definition) is 6. The zero-order chi connectivity index (χ0) is 27.1. The lowest BCUT2D eigenvalue weighted by Gasteiger charge is -2.42. The van der Waals surface area contributed by atoms with Crippen LogP contribution in [0, 0.1) is 20.8 Å². The fourth-order valence-corrected chi connectivity index (χ4v) is 5.43. The summed E-state index contributed by atoms with van der Waals surface area (Å²) in [5.41, 5.74) is 7.27. The fourth-order valence-electron chi connectivity index (χ4n) is 5.43. The van der Waals surface area contributed by atoms with Gasteiger partial charge in [0.15, 0.2) is 0 Å². The molecule has 1 aliphatic heterocycles. The molecule has 1 fully saturated rings. The number of pyridine rings is 1. The second kappa shape index (κ2) is 13.0. The van der Waals surface area contributed by atoms with E-state index in [0.29, 0.717) is 24.2 Å². The van der Waals surface area contributed by atoms with Crippen molar-refractivity contribution in [3.8, 4) is 0 Å². The van der Waals surface area contributed by atoms with Crippen molar-refractivity contribution in [2.45, 2.75) is 78.9 Å². The summed E-state index contributed by atoms with van der Waals surface area (Å²) in [7, 11) is 0. The molecule has 0 bridgehead atoms. The second-order valence-electron chi connectivity index (χ2n) is 10.5. The number of piperidine rings is 1. The first-order chi connectivity index (χ1) is 18.4. The SMILES string of the molecule is CCc1ccc(N(Cc2cnccc2C)C2CCN(C(C)CCNC(=O)c3c(C)ncnc3C)CC2)cc1. The summed E-state index contributed by atoms with van der Waals surface area (Å²) in [6.45, 7) is 14.0. The number of aromatic nitrogens is 3. The number of nitrogens with one attached hydrogen (secondary N) is 1. The van der Waals surface area contributed by atoms with E-state index in [4.69, 9.17) is 0 Å². The van der Waals surface area contributed by atoms with Crippen LogP contribution in [0.25, 0.3) is 0 Å². The number of nitrogens with zero attached hydrogens (tertiary/aromatic N) is 5. The Bertz CT molecular complexity index is 1180. The minimum Gasteiger partial charge on any atom is -0.364 e. The zero-order valence-electron chi connectivity index (χ0n) is 23.6. The second-order valence-corrected chi connectivity index (χ2v) is 10.5. The van der Waals surface area contributed by atoms with E-state index in [1.807, 2.05) is 26.2 Å². The van der Waals surface area contributed by atoms with Crippen LogP contribution in [0.15, 0.2) is 49.1 Å². The summed E-state index contributed by atoms with van der Waals surface area (Å²) < 4.78 is 0. The average Bonchev–Trinajstić information content (AvgIpc) is 2.93. The van der Waals surface area contributed by atoms with E-state index >= 15 is 0 Å². The Hall–Kier alpha value is -3.32. The van der Waals surface area contributed by atoms with Gasteiger partial charge in [0.25, 0.3) is 5.91 Å². The number of carbonyl (C=O) groups is 1. The molecule has 3 heterocycles. The molecule has 1 N–H and O–H groups in total. The molecular weight excluding hydrogens is 472 g/mol. The van der Waals surface area contributed by atoms with Gasteiger partial charge in [-0.05, 0) is 88.3 Å². The zero-order valence-corrected chi connectivity index (χ0v) is 23.6. The third-order valence-electron chi connectivity index (χ3n) is 8.03. The van der Waals surface area contributed by atoms with E-state index in [1.165, 1.54) is 28.7 Å². The van der Waals surface area contributed by atoms with Gasteiger partial charge in [0, 0.05) is 56.3 Å². The first-order valence-electron chi connectivity index (χ1n) is 13.9. The Morgan fingerprint density at radius 2 is 1.76 bits per heavy atom. The molecule has 7 nitrogen and oxygen atoms in total. The Labute approximate surface area is 227 Å². The number of rotatable bonds is 10. The molecule has 38 heavy (non-hydrogen) atoms. The molecule has 1 amide bonds. The molecule has 0 radical (unpaired) electrons. The third-order valence-corrected chi connectivity index (χ3v) is 8.03. The molecule has 4 rings (SSSR count). The number of benzene rings is 1. The van der Waals surface area contributed by atoms with Crippen LogP contribution in [0.1, 0.15) is 71.5 Å². The maximum atomic E-state index is 12.7. The number of anilines is 1. The van der Waals surface area contributed by atoms with Gasteiger partial charge in [-0.25, -0.2) is 9.97 Å². The maximum Gasteiger partial charge on any atom is 0.254 e. The van der Waals surface area contributed by atoms with Crippen LogP contribution in [-0.4, -0.2) is 57.5 Å². The van der Waals surface area contributed by atoms with Gasteiger partial charge in [-0.2, -0.15) is 0 Å². The molecule has 1 aromatic carbocycles. The summed E-state index contributed by atoms with van der Waals surface area (Å²) in [6, 6.07) is 12.1. The van der Waals surface area contributed by atoms with Crippen LogP contribution >= 0.6 is 0 Å². The highest BCUT2D eigenvalue weighted by Gasteiger charge is 2.27. The van der Waals surface area contributed by atoms with Crippen molar-refractivity contribution in [3.63, 3.8) is 0 Å². The van der Waals surface area contributed by atoms with Crippen molar-refractivity contribution >= 4 is 11.6 Å². The normalized spacial score (nSPS) is 15.3. The lowest BCUT2D eigenvalue weighted by molar-refractivity contribution is 0.0943. The quantitative estimate of drug-likeness (QED) is 0.409. The molecule has 2 aromatic heterocycles. The van der Waals surface area contributed by atoms with Crippen LogP contribution in [-0.2, 0) is 13.0 Å². The first-order valence-corrected chi connectivity index (χ1v) is 13.9. The van der Waals surface area contributed by atoms with Gasteiger partial charge in [-0.15, -0.1) is 0 Å². The van der Waals surface area contributed by atoms with Gasteiger partial charge in [0.1, 0.15) is 6.33 Å². The minimum atomic E-state index is -0.0815. The van der Waals surface area contributed by atoms with Gasteiger partial charge in [0.2, 0.25) is 0 Å². The van der Waals surface area contributed by atoms with Crippen LogP contribution in [0.5, 0.6) is 0 Å². The molecular formula is C31H42N6O. The third kappa shape index (κ3) is 6.76. The van der Waals surface area contributed by atoms with Crippen LogP contribution in [0.2, 0.25) is 0 Å². The minimum absolute atomic E-state index is 0.0815. The van der Waals surface area contributed by atoms with Crippen molar-refractivity contribution in [3.05, 3.63) is 82.7 Å². The molecule has 7 heteroatoms. The number of likely N-dealkylation sites (tertiary alicyclic amines) is 1. The lowest BCUT2D eigenvalue weighted by atomic mass is 9.98. The average molecular weight is 515 g/mol. The van der Waals surface area contributed by atoms with E-state index < -0.39 is 0 Å². The van der Waals surface area contributed by atoms with Gasteiger partial charge >= 0.3 is 0 Å². The Kier molecular flexibility index (Phi) is 9.45. The van der Waals surface area contributed by atoms with Crippen molar-refractivity contribution in [2.75, 3.05) is 24.5 Å². The van der Waals surface area contributed by atoms with Crippen molar-refractivity contribution in [1.29, 1.82) is 0 Å². The van der Waals surface area contributed by atoms with E-state index in [9.17, 15) is 4.79 Å². The molecule has 1 aliphatic rings. The molecule has 1 unspecified atom stereocenters. The number of hydrogen-bond donors (Lipinski definition) is 1. The van der Waals surface area contributed by atoms with Crippen molar-refractivity contribution in [2.24, 2.45) is 0 Å². The summed E-state index contributed by atoms with van der Waals surface area (Å²) in [5.74, 6) is -0.0815. The Morgan fingerprint density at radius 3 is 2.39 bits per heavy atom. The Balaban J connectivity index is 1.34. The molecule has 1 saturated heterocycles. The highest BCUT2D eigenvalue weighted by atomic mass is 16.1. The Morgan fingerprint density at radius 1 is 1.08 bits per heavy atom. The maximum absolute atomic E-state index is 12.7. The van der Waals surface area contributed by atoms with Crippen molar-refractivity contribution < 1.29 is 4.79 Å². The van der Waals surface area contributed by atoms with Gasteiger partial charge in [-0.3, -0.25) is 9.78 Å². The summed E-state index contributed by atoms with van der Waals surface area (Å²) in [4.78, 5) is 30.6. The molecule has 0 aliphatic carbocycles. The predicted octanol–water partition coefficient (Wildman–Crippen LogP) is 5.04. The first kappa shape index (κ1) is 27.7. The highest BCUT2D eigenvalue weighted by Crippen LogP contribution is 2.28. The van der Waals surface area contributed by atoms with E-state index in [0.717, 1.165) is 56.7 Å². The lowest BCUT2D eigenvalue weighted by Crippen LogP contribution is -2.48. The topological polar surface area (TPSA) is 74.2 Å². The number of aryl methyl sites for hydroxylation is 4. The van der Waals surface area contributed by atoms with E-state index in [1.54, 1.807) is 0 Å². The van der Waals surface area contributed by atoms with Crippen LogP contribution in [0.4, 0.5) is 5.69 Å². The molecule has 202 valence electrons. The van der Waals surface area contributed by atoms with Gasteiger partial charge in [-0.1, -0.05) is 19.1 Å². The largest absolute Gasteiger partial charge is 0.364 e. The summed E-state index contributed by atoms with van der Waals surface area (Å²) in [6.07, 6.45) is 9.59. The van der Waals surface area contributed by atoms with Crippen LogP contribution < -0.4 is 10.2 Å². The van der Waals surface area contributed by atoms with Crippen molar-refractivity contribution in [1.82, 2.24) is 25.2 Å². The van der Waals surface area contributed by atoms with Gasteiger partial charge < -0.3 is 15.1 Å². The molecule has 0 spiro atoms. The fraction of sp³-hybridized carbons (Fsp3) is 0.484.